The number of rotatable bonds is 4. The molecule has 0 aromatic heterocycles. The third-order valence-electron chi connectivity index (χ3n) is 5.12. The van der Waals surface area contributed by atoms with Crippen LogP contribution in [0.15, 0.2) is 48.5 Å². The molecule has 3 rings (SSSR count). The Morgan fingerprint density at radius 1 is 1.20 bits per heavy atom. The highest BCUT2D eigenvalue weighted by molar-refractivity contribution is 5.79. The van der Waals surface area contributed by atoms with Crippen molar-refractivity contribution in [2.24, 2.45) is 0 Å². The number of phenols is 1. The van der Waals surface area contributed by atoms with Crippen LogP contribution in [-0.4, -0.2) is 29.0 Å². The Hall–Kier alpha value is -2.29. The first-order valence-corrected chi connectivity index (χ1v) is 9.18. The quantitative estimate of drug-likeness (QED) is 0.894. The van der Waals surface area contributed by atoms with Crippen LogP contribution in [-0.2, 0) is 11.2 Å². The topological polar surface area (TPSA) is 40.5 Å². The second-order valence-electron chi connectivity index (χ2n) is 7.35. The molecule has 1 heterocycles. The molecule has 25 heavy (non-hydrogen) atoms. The number of piperidine rings is 1. The number of hydrogen-bond donors (Lipinski definition) is 1. The molecule has 0 unspecified atom stereocenters. The third-order valence-corrected chi connectivity index (χ3v) is 5.12. The van der Waals surface area contributed by atoms with Crippen LogP contribution in [0.2, 0.25) is 0 Å². The summed E-state index contributed by atoms with van der Waals surface area (Å²) in [4.78, 5) is 14.7. The number of benzene rings is 2. The molecule has 3 nitrogen and oxygen atoms in total. The summed E-state index contributed by atoms with van der Waals surface area (Å²) in [6, 6.07) is 15.8. The van der Waals surface area contributed by atoms with Gasteiger partial charge in [0.15, 0.2) is 0 Å². The lowest BCUT2D eigenvalue weighted by atomic mass is 9.90. The maximum atomic E-state index is 12.7. The average molecular weight is 337 g/mol. The second-order valence-corrected chi connectivity index (χ2v) is 7.35. The minimum Gasteiger partial charge on any atom is -0.508 e. The molecule has 0 aliphatic carbocycles. The molecule has 0 radical (unpaired) electrons. The molecule has 1 aliphatic heterocycles. The van der Waals surface area contributed by atoms with Gasteiger partial charge in [-0.2, -0.15) is 0 Å². The van der Waals surface area contributed by atoms with Crippen molar-refractivity contribution in [3.05, 3.63) is 65.2 Å². The van der Waals surface area contributed by atoms with E-state index < -0.39 is 0 Å². The molecule has 1 N–H and O–H groups in total. The lowest BCUT2D eigenvalue weighted by molar-refractivity contribution is -0.131. The van der Waals surface area contributed by atoms with Crippen molar-refractivity contribution in [2.75, 3.05) is 13.1 Å². The van der Waals surface area contributed by atoms with Gasteiger partial charge in [0.2, 0.25) is 5.91 Å². The van der Waals surface area contributed by atoms with Gasteiger partial charge >= 0.3 is 0 Å². The average Bonchev–Trinajstić information content (AvgIpc) is 2.62. The van der Waals surface area contributed by atoms with Crippen molar-refractivity contribution in [1.82, 2.24) is 4.90 Å². The lowest BCUT2D eigenvalue weighted by Crippen LogP contribution is -2.39. The summed E-state index contributed by atoms with van der Waals surface area (Å²) >= 11 is 0. The summed E-state index contributed by atoms with van der Waals surface area (Å²) in [6.45, 7) is 5.93. The Balaban J connectivity index is 1.63. The minimum atomic E-state index is 0.196. The van der Waals surface area contributed by atoms with Gasteiger partial charge in [0.05, 0.1) is 6.42 Å². The maximum absolute atomic E-state index is 12.7. The smallest absolute Gasteiger partial charge is 0.227 e. The lowest BCUT2D eigenvalue weighted by Gasteiger charge is -2.33. The molecular weight excluding hydrogens is 310 g/mol. The Morgan fingerprint density at radius 3 is 2.64 bits per heavy atom. The van der Waals surface area contributed by atoms with E-state index in [9.17, 15) is 9.90 Å². The number of carbonyl (C=O) groups is 1. The number of nitrogens with zero attached hydrogens (tertiary/aromatic N) is 1. The summed E-state index contributed by atoms with van der Waals surface area (Å²) in [7, 11) is 0. The maximum Gasteiger partial charge on any atom is 0.227 e. The Morgan fingerprint density at radius 2 is 1.96 bits per heavy atom. The predicted molar refractivity (Wildman–Crippen MR) is 101 cm³/mol. The van der Waals surface area contributed by atoms with Crippen LogP contribution in [0.25, 0.3) is 0 Å². The fourth-order valence-electron chi connectivity index (χ4n) is 3.56. The van der Waals surface area contributed by atoms with E-state index in [2.05, 4.69) is 38.1 Å². The molecular formula is C22H27NO2. The van der Waals surface area contributed by atoms with E-state index in [-0.39, 0.29) is 5.91 Å². The first kappa shape index (κ1) is 17.5. The van der Waals surface area contributed by atoms with Crippen LogP contribution in [0.3, 0.4) is 0 Å². The van der Waals surface area contributed by atoms with Crippen LogP contribution in [0, 0.1) is 0 Å². The van der Waals surface area contributed by atoms with Crippen LogP contribution >= 0.6 is 0 Å². The normalized spacial score (nSPS) is 17.7. The summed E-state index contributed by atoms with van der Waals surface area (Å²) in [6.07, 6.45) is 2.54. The first-order valence-electron chi connectivity index (χ1n) is 9.18. The summed E-state index contributed by atoms with van der Waals surface area (Å²) in [5, 5.41) is 9.69. The van der Waals surface area contributed by atoms with Crippen LogP contribution in [0.1, 0.15) is 55.2 Å². The van der Waals surface area contributed by atoms with Gasteiger partial charge in [0, 0.05) is 19.0 Å². The fourth-order valence-corrected chi connectivity index (χ4v) is 3.56. The highest BCUT2D eigenvalue weighted by Gasteiger charge is 2.24. The van der Waals surface area contributed by atoms with Crippen molar-refractivity contribution in [2.45, 2.75) is 44.9 Å². The standard InChI is InChI=1S/C22H27NO2/c1-16(2)18-10-8-17(9-11-18)13-22(25)23-12-4-6-20(15-23)19-5-3-7-21(24)14-19/h3,5,7-11,14,16,20,24H,4,6,12-13,15H2,1-2H3/t20-/m0/s1. The van der Waals surface area contributed by atoms with E-state index in [1.165, 1.54) is 5.56 Å². The van der Waals surface area contributed by atoms with E-state index in [0.717, 1.165) is 37.1 Å². The Labute approximate surface area is 150 Å². The van der Waals surface area contributed by atoms with Gasteiger partial charge in [0.1, 0.15) is 5.75 Å². The summed E-state index contributed by atoms with van der Waals surface area (Å²) in [5.74, 6) is 1.32. The van der Waals surface area contributed by atoms with Gasteiger partial charge in [-0.05, 0) is 47.6 Å². The third kappa shape index (κ3) is 4.41. The van der Waals surface area contributed by atoms with E-state index in [1.54, 1.807) is 6.07 Å². The van der Waals surface area contributed by atoms with Gasteiger partial charge in [0.25, 0.3) is 0 Å². The number of phenolic OH excluding ortho intramolecular Hbond substituents is 1. The van der Waals surface area contributed by atoms with E-state index >= 15 is 0 Å². The van der Waals surface area contributed by atoms with Crippen molar-refractivity contribution in [3.63, 3.8) is 0 Å². The van der Waals surface area contributed by atoms with Crippen LogP contribution in [0.4, 0.5) is 0 Å². The van der Waals surface area contributed by atoms with Gasteiger partial charge in [-0.3, -0.25) is 4.79 Å². The fraction of sp³-hybridized carbons (Fsp3) is 0.409. The predicted octanol–water partition coefficient (Wildman–Crippen LogP) is 4.46. The van der Waals surface area contributed by atoms with Crippen molar-refractivity contribution in [3.8, 4) is 5.75 Å². The van der Waals surface area contributed by atoms with Gasteiger partial charge in [-0.25, -0.2) is 0 Å². The van der Waals surface area contributed by atoms with Crippen LogP contribution < -0.4 is 0 Å². The van der Waals surface area contributed by atoms with Gasteiger partial charge < -0.3 is 10.0 Å². The molecule has 2 aromatic rings. The molecule has 3 heteroatoms. The number of aromatic hydroxyl groups is 1. The summed E-state index contributed by atoms with van der Waals surface area (Å²) < 4.78 is 0. The Kier molecular flexibility index (Phi) is 5.42. The highest BCUT2D eigenvalue weighted by atomic mass is 16.3. The van der Waals surface area contributed by atoms with Gasteiger partial charge in [-0.1, -0.05) is 50.2 Å². The van der Waals surface area contributed by atoms with E-state index in [1.807, 2.05) is 23.1 Å². The number of amides is 1. The molecule has 1 amide bonds. The highest BCUT2D eigenvalue weighted by Crippen LogP contribution is 2.29. The zero-order valence-corrected chi connectivity index (χ0v) is 15.1. The monoisotopic (exact) mass is 337 g/mol. The van der Waals surface area contributed by atoms with Gasteiger partial charge in [-0.15, -0.1) is 0 Å². The molecule has 2 aromatic carbocycles. The molecule has 1 fully saturated rings. The molecule has 1 aliphatic rings. The molecule has 0 spiro atoms. The zero-order chi connectivity index (χ0) is 17.8. The molecule has 1 atom stereocenters. The first-order chi connectivity index (χ1) is 12.0. The molecule has 0 bridgehead atoms. The zero-order valence-electron chi connectivity index (χ0n) is 15.1. The molecule has 132 valence electrons. The second kappa shape index (κ2) is 7.73. The van der Waals surface area contributed by atoms with Crippen LogP contribution in [0.5, 0.6) is 5.75 Å². The Bertz CT molecular complexity index is 721. The van der Waals surface area contributed by atoms with Crippen molar-refractivity contribution in [1.29, 1.82) is 0 Å². The summed E-state index contributed by atoms with van der Waals surface area (Å²) in [5.41, 5.74) is 3.51. The minimum absolute atomic E-state index is 0.196. The van der Waals surface area contributed by atoms with Crippen molar-refractivity contribution >= 4 is 5.91 Å². The number of carbonyl (C=O) groups excluding carboxylic acids is 1. The molecule has 0 saturated carbocycles. The number of likely N-dealkylation sites (tertiary alicyclic amines) is 1. The largest absolute Gasteiger partial charge is 0.508 e. The SMILES string of the molecule is CC(C)c1ccc(CC(=O)N2CCC[C@H](c3cccc(O)c3)C2)cc1. The van der Waals surface area contributed by atoms with E-state index in [0.29, 0.717) is 24.0 Å². The van der Waals surface area contributed by atoms with Crippen molar-refractivity contribution < 1.29 is 9.90 Å². The van der Waals surface area contributed by atoms with E-state index in [4.69, 9.17) is 0 Å². The molecule has 1 saturated heterocycles. The number of hydrogen-bond acceptors (Lipinski definition) is 2.